The van der Waals surface area contributed by atoms with Gasteiger partial charge in [-0.05, 0) is 29.8 Å². The Morgan fingerprint density at radius 2 is 2.24 bits per heavy atom. The number of hydrogen-bond donors (Lipinski definition) is 2. The Morgan fingerprint density at radius 3 is 3.00 bits per heavy atom. The van der Waals surface area contributed by atoms with E-state index in [0.29, 0.717) is 25.3 Å². The number of ether oxygens (including phenoxy) is 1. The Bertz CT molecular complexity index is 575. The van der Waals surface area contributed by atoms with Gasteiger partial charge in [-0.3, -0.25) is 0 Å². The van der Waals surface area contributed by atoms with Crippen molar-refractivity contribution in [3.05, 3.63) is 59.5 Å². The van der Waals surface area contributed by atoms with Crippen molar-refractivity contribution in [2.24, 2.45) is 0 Å². The van der Waals surface area contributed by atoms with E-state index in [1.54, 1.807) is 18.4 Å². The van der Waals surface area contributed by atoms with Crippen LogP contribution in [0.3, 0.4) is 0 Å². The molecule has 2 aromatic rings. The van der Waals surface area contributed by atoms with E-state index in [4.69, 9.17) is 14.4 Å². The number of rotatable bonds is 8. The number of nitriles is 1. The molecule has 1 unspecified atom stereocenters. The summed E-state index contributed by atoms with van der Waals surface area (Å²) in [6.45, 7) is 1.62. The average molecular weight is 286 g/mol. The smallest absolute Gasteiger partial charge is 0.129 e. The number of nitrogens with zero attached hydrogens (tertiary/aromatic N) is 1. The fourth-order valence-electron chi connectivity index (χ4n) is 1.88. The van der Waals surface area contributed by atoms with E-state index in [-0.39, 0.29) is 6.61 Å². The number of furan rings is 1. The van der Waals surface area contributed by atoms with Gasteiger partial charge in [-0.25, -0.2) is 0 Å². The minimum atomic E-state index is -0.584. The first-order valence-electron chi connectivity index (χ1n) is 6.76. The highest BCUT2D eigenvalue weighted by molar-refractivity contribution is 5.32. The second kappa shape index (κ2) is 8.22. The summed E-state index contributed by atoms with van der Waals surface area (Å²) in [6.07, 6.45) is 1.01. The first kappa shape index (κ1) is 15.3. The summed E-state index contributed by atoms with van der Waals surface area (Å²) in [5, 5.41) is 21.7. The first-order valence-corrected chi connectivity index (χ1v) is 6.76. The average Bonchev–Trinajstić information content (AvgIpc) is 3.01. The summed E-state index contributed by atoms with van der Waals surface area (Å²) >= 11 is 0. The Kier molecular flexibility index (Phi) is 5.98. The molecule has 0 saturated heterocycles. The van der Waals surface area contributed by atoms with Gasteiger partial charge < -0.3 is 19.6 Å². The third-order valence-electron chi connectivity index (χ3n) is 2.90. The van der Waals surface area contributed by atoms with Crippen LogP contribution in [0, 0.1) is 11.3 Å². The largest absolute Gasteiger partial charge is 0.467 e. The number of benzene rings is 1. The second-order valence-corrected chi connectivity index (χ2v) is 4.69. The zero-order valence-corrected chi connectivity index (χ0v) is 11.7. The summed E-state index contributed by atoms with van der Waals surface area (Å²) < 4.78 is 10.5. The molecule has 110 valence electrons. The predicted octanol–water partition coefficient (Wildman–Crippen LogP) is 1.82. The summed E-state index contributed by atoms with van der Waals surface area (Å²) in [5.41, 5.74) is 1.65. The summed E-state index contributed by atoms with van der Waals surface area (Å²) in [5.74, 6) is 0.739. The summed E-state index contributed by atoms with van der Waals surface area (Å²) in [7, 11) is 0. The van der Waals surface area contributed by atoms with E-state index in [1.165, 1.54) is 0 Å². The molecule has 0 aliphatic rings. The molecule has 0 aliphatic carbocycles. The number of nitrogens with one attached hydrogen (secondary N) is 1. The van der Waals surface area contributed by atoms with Crippen molar-refractivity contribution in [3.8, 4) is 6.07 Å². The first-order chi connectivity index (χ1) is 10.3. The molecule has 0 radical (unpaired) electrons. The van der Waals surface area contributed by atoms with Crippen molar-refractivity contribution in [3.63, 3.8) is 0 Å². The molecule has 1 heterocycles. The Labute approximate surface area is 123 Å². The Balaban J connectivity index is 1.62. The maximum Gasteiger partial charge on any atom is 0.129 e. The van der Waals surface area contributed by atoms with Crippen LogP contribution < -0.4 is 5.32 Å². The molecule has 1 aromatic heterocycles. The van der Waals surface area contributed by atoms with E-state index in [9.17, 15) is 5.11 Å². The predicted molar refractivity (Wildman–Crippen MR) is 77.2 cm³/mol. The van der Waals surface area contributed by atoms with Crippen LogP contribution in [0.25, 0.3) is 0 Å². The molecule has 0 aliphatic heterocycles. The van der Waals surface area contributed by atoms with Crippen molar-refractivity contribution in [1.82, 2.24) is 5.32 Å². The minimum absolute atomic E-state index is 0.242. The van der Waals surface area contributed by atoms with Crippen LogP contribution in [-0.4, -0.2) is 24.4 Å². The van der Waals surface area contributed by atoms with Gasteiger partial charge in [0.25, 0.3) is 0 Å². The Hall–Kier alpha value is -2.13. The lowest BCUT2D eigenvalue weighted by Crippen LogP contribution is -2.30. The molecular weight excluding hydrogens is 268 g/mol. The molecule has 2 rings (SSSR count). The molecule has 21 heavy (non-hydrogen) atoms. The highest BCUT2D eigenvalue weighted by atomic mass is 16.5. The van der Waals surface area contributed by atoms with Gasteiger partial charge in [0.15, 0.2) is 0 Å². The van der Waals surface area contributed by atoms with Gasteiger partial charge in [-0.1, -0.05) is 12.1 Å². The van der Waals surface area contributed by atoms with Gasteiger partial charge in [-0.15, -0.1) is 0 Å². The normalized spacial score (nSPS) is 12.0. The van der Waals surface area contributed by atoms with Crippen molar-refractivity contribution >= 4 is 0 Å². The SMILES string of the molecule is N#Cc1cccc(CNCC(O)COCc2ccco2)c1. The van der Waals surface area contributed by atoms with Crippen molar-refractivity contribution in [2.45, 2.75) is 19.3 Å². The molecule has 5 nitrogen and oxygen atoms in total. The van der Waals surface area contributed by atoms with Crippen LogP contribution in [0.5, 0.6) is 0 Å². The van der Waals surface area contributed by atoms with E-state index in [0.717, 1.165) is 11.3 Å². The summed E-state index contributed by atoms with van der Waals surface area (Å²) in [6, 6.07) is 13.1. The lowest BCUT2D eigenvalue weighted by atomic mass is 10.1. The zero-order chi connectivity index (χ0) is 14.9. The third kappa shape index (κ3) is 5.40. The van der Waals surface area contributed by atoms with Crippen LogP contribution in [0.4, 0.5) is 0 Å². The molecule has 2 N–H and O–H groups in total. The third-order valence-corrected chi connectivity index (χ3v) is 2.90. The summed E-state index contributed by atoms with van der Waals surface area (Å²) in [4.78, 5) is 0. The molecule has 0 amide bonds. The maximum absolute atomic E-state index is 9.79. The molecule has 0 bridgehead atoms. The van der Waals surface area contributed by atoms with E-state index >= 15 is 0 Å². The van der Waals surface area contributed by atoms with Gasteiger partial charge in [0.05, 0.1) is 30.6 Å². The van der Waals surface area contributed by atoms with Crippen LogP contribution in [0.2, 0.25) is 0 Å². The lowest BCUT2D eigenvalue weighted by Gasteiger charge is -2.12. The lowest BCUT2D eigenvalue weighted by molar-refractivity contribution is 0.0226. The number of hydrogen-bond acceptors (Lipinski definition) is 5. The molecular formula is C16H18N2O3. The van der Waals surface area contributed by atoms with Crippen molar-refractivity contribution in [1.29, 1.82) is 5.26 Å². The molecule has 5 heteroatoms. The maximum atomic E-state index is 9.79. The van der Waals surface area contributed by atoms with Gasteiger partial charge in [-0.2, -0.15) is 5.26 Å². The Morgan fingerprint density at radius 1 is 1.33 bits per heavy atom. The van der Waals surface area contributed by atoms with Gasteiger partial charge in [0.1, 0.15) is 12.4 Å². The highest BCUT2D eigenvalue weighted by Gasteiger charge is 2.05. The van der Waals surface area contributed by atoms with Crippen LogP contribution >= 0.6 is 0 Å². The molecule has 1 atom stereocenters. The molecule has 0 fully saturated rings. The molecule has 0 spiro atoms. The van der Waals surface area contributed by atoms with Gasteiger partial charge in [0, 0.05) is 13.1 Å². The number of aliphatic hydroxyl groups excluding tert-OH is 1. The van der Waals surface area contributed by atoms with Crippen molar-refractivity contribution < 1.29 is 14.3 Å². The molecule has 1 aromatic carbocycles. The van der Waals surface area contributed by atoms with E-state index < -0.39 is 6.10 Å². The minimum Gasteiger partial charge on any atom is -0.467 e. The fourth-order valence-corrected chi connectivity index (χ4v) is 1.88. The van der Waals surface area contributed by atoms with Crippen LogP contribution in [-0.2, 0) is 17.9 Å². The van der Waals surface area contributed by atoms with E-state index in [1.807, 2.05) is 24.3 Å². The van der Waals surface area contributed by atoms with Crippen LogP contribution in [0.15, 0.2) is 47.1 Å². The molecule has 0 saturated carbocycles. The quantitative estimate of drug-likeness (QED) is 0.774. The monoisotopic (exact) mass is 286 g/mol. The topological polar surface area (TPSA) is 78.4 Å². The van der Waals surface area contributed by atoms with E-state index in [2.05, 4.69) is 11.4 Å². The van der Waals surface area contributed by atoms with Crippen molar-refractivity contribution in [2.75, 3.05) is 13.2 Å². The van der Waals surface area contributed by atoms with Crippen LogP contribution in [0.1, 0.15) is 16.9 Å². The van der Waals surface area contributed by atoms with Gasteiger partial charge in [0.2, 0.25) is 0 Å². The second-order valence-electron chi connectivity index (χ2n) is 4.69. The number of aliphatic hydroxyl groups is 1. The fraction of sp³-hybridized carbons (Fsp3) is 0.312. The standard InChI is InChI=1S/C16H18N2O3/c17-8-13-3-1-4-14(7-13)9-18-10-15(19)11-20-12-16-5-2-6-21-16/h1-7,15,18-19H,9-12H2. The van der Waals surface area contributed by atoms with Gasteiger partial charge >= 0.3 is 0 Å². The zero-order valence-electron chi connectivity index (χ0n) is 11.7. The highest BCUT2D eigenvalue weighted by Crippen LogP contribution is 2.04.